The molecule has 4 aliphatic rings. The van der Waals surface area contributed by atoms with Crippen LogP contribution in [0.25, 0.3) is 0 Å². The van der Waals surface area contributed by atoms with Crippen molar-refractivity contribution < 1.29 is 9.94 Å². The zero-order valence-corrected chi connectivity index (χ0v) is 21.2. The second-order valence-electron chi connectivity index (χ2n) is 12.8. The largest absolute Gasteiger partial charge is 0.411 e. The average Bonchev–Trinajstić information content (AvgIpc) is 3.09. The lowest BCUT2D eigenvalue weighted by Crippen LogP contribution is -2.59. The lowest BCUT2D eigenvalue weighted by atomic mass is 9.43. The molecule has 0 bridgehead atoms. The Morgan fingerprint density at radius 1 is 1.00 bits per heavy atom. The summed E-state index contributed by atoms with van der Waals surface area (Å²) in [4.78, 5) is 0. The normalized spacial score (nSPS) is 47.1. The van der Waals surface area contributed by atoms with Crippen molar-refractivity contribution in [2.45, 2.75) is 111 Å². The molecule has 0 aromatic heterocycles. The molecule has 3 heteroatoms. The van der Waals surface area contributed by atoms with Gasteiger partial charge in [-0.25, -0.2) is 0 Å². The van der Waals surface area contributed by atoms with Crippen molar-refractivity contribution in [3.05, 3.63) is 0 Å². The third kappa shape index (κ3) is 3.89. The second kappa shape index (κ2) is 8.99. The summed E-state index contributed by atoms with van der Waals surface area (Å²) >= 11 is 0. The molecular formula is C28H49NO2. The van der Waals surface area contributed by atoms with Gasteiger partial charge in [0.25, 0.3) is 0 Å². The lowest BCUT2D eigenvalue weighted by Gasteiger charge is -2.62. The van der Waals surface area contributed by atoms with Crippen LogP contribution in [0.15, 0.2) is 5.16 Å². The van der Waals surface area contributed by atoms with Gasteiger partial charge in [-0.3, -0.25) is 0 Å². The lowest BCUT2D eigenvalue weighted by molar-refractivity contribution is -0.159. The number of fused-ring (bicyclic) bond motifs is 5. The van der Waals surface area contributed by atoms with Gasteiger partial charge in [0.1, 0.15) is 0 Å². The van der Waals surface area contributed by atoms with Crippen LogP contribution in [-0.4, -0.2) is 24.1 Å². The third-order valence-corrected chi connectivity index (χ3v) is 11.2. The molecule has 0 unspecified atom stereocenters. The van der Waals surface area contributed by atoms with Crippen molar-refractivity contribution in [3.63, 3.8) is 0 Å². The highest BCUT2D eigenvalue weighted by molar-refractivity contribution is 5.85. The first kappa shape index (κ1) is 23.6. The highest BCUT2D eigenvalue weighted by Crippen LogP contribution is 2.68. The fourth-order valence-corrected chi connectivity index (χ4v) is 9.54. The summed E-state index contributed by atoms with van der Waals surface area (Å²) in [5, 5.41) is 13.1. The summed E-state index contributed by atoms with van der Waals surface area (Å²) in [5.74, 6) is 5.83. The number of methoxy groups -OCH3 is 1. The highest BCUT2D eigenvalue weighted by Gasteiger charge is 2.62. The molecule has 0 aromatic carbocycles. The number of ether oxygens (including phenoxy) is 1. The summed E-state index contributed by atoms with van der Waals surface area (Å²) in [6, 6.07) is 0. The summed E-state index contributed by atoms with van der Waals surface area (Å²) in [5.41, 5.74) is 1.76. The van der Waals surface area contributed by atoms with E-state index in [1.54, 1.807) is 0 Å². The minimum Gasteiger partial charge on any atom is -0.411 e. The van der Waals surface area contributed by atoms with Gasteiger partial charge >= 0.3 is 0 Å². The molecule has 0 heterocycles. The monoisotopic (exact) mass is 431 g/mol. The second-order valence-corrected chi connectivity index (χ2v) is 12.8. The van der Waals surface area contributed by atoms with E-state index >= 15 is 0 Å². The molecular weight excluding hydrogens is 382 g/mol. The van der Waals surface area contributed by atoms with Crippen molar-refractivity contribution in [1.82, 2.24) is 0 Å². The first-order chi connectivity index (χ1) is 14.8. The van der Waals surface area contributed by atoms with E-state index < -0.39 is 0 Å². The zero-order chi connectivity index (χ0) is 22.4. The van der Waals surface area contributed by atoms with Gasteiger partial charge in [0, 0.05) is 18.9 Å². The van der Waals surface area contributed by atoms with Crippen LogP contribution in [0.3, 0.4) is 0 Å². The number of nitrogens with zero attached hydrogens (tertiary/aromatic N) is 1. The number of hydrogen-bond acceptors (Lipinski definition) is 3. The molecule has 4 rings (SSSR count). The SMILES string of the molecule is CO[C@H]1C/C(=N/O)C[C@H]2CC[C@H]3[C@@H]4CC[C@H]([C@H](C)CCCC(C)C)[C@@]4(C)CC[C@@H]3[C@]21C. The molecule has 4 saturated carbocycles. The average molecular weight is 432 g/mol. The molecule has 0 spiro atoms. The maximum absolute atomic E-state index is 9.47. The minimum atomic E-state index is 0.210. The summed E-state index contributed by atoms with van der Waals surface area (Å²) in [6.45, 7) is 12.5. The van der Waals surface area contributed by atoms with Crippen molar-refractivity contribution in [2.24, 2.45) is 57.4 Å². The van der Waals surface area contributed by atoms with Gasteiger partial charge in [0.15, 0.2) is 0 Å². The molecule has 4 fully saturated rings. The van der Waals surface area contributed by atoms with Gasteiger partial charge in [-0.05, 0) is 91.8 Å². The molecule has 0 aromatic rings. The molecule has 0 aliphatic heterocycles. The molecule has 31 heavy (non-hydrogen) atoms. The van der Waals surface area contributed by atoms with Crippen molar-refractivity contribution in [3.8, 4) is 0 Å². The van der Waals surface area contributed by atoms with Gasteiger partial charge in [-0.15, -0.1) is 0 Å². The quantitative estimate of drug-likeness (QED) is 0.348. The Hall–Kier alpha value is -0.570. The minimum absolute atomic E-state index is 0.210. The summed E-state index contributed by atoms with van der Waals surface area (Å²) in [7, 11) is 1.88. The Morgan fingerprint density at radius 3 is 2.45 bits per heavy atom. The van der Waals surface area contributed by atoms with E-state index in [0.29, 0.717) is 11.3 Å². The van der Waals surface area contributed by atoms with E-state index in [4.69, 9.17) is 4.74 Å². The standard InChI is InChI=1S/C28H49NO2/c1-18(2)8-7-9-19(3)23-12-13-24-22-11-10-20-16-21(29-30)17-26(31-6)28(20,5)25(22)14-15-27(23,24)4/h18-20,22-26,30H,7-17H2,1-6H3/b29-21+/t19-,20-,22+,23-,24+,25+,26+,27-,28+/m1/s1. The predicted molar refractivity (Wildman–Crippen MR) is 128 cm³/mol. The predicted octanol–water partition coefficient (Wildman–Crippen LogP) is 7.56. The third-order valence-electron chi connectivity index (χ3n) is 11.2. The van der Waals surface area contributed by atoms with Crippen LogP contribution in [0.5, 0.6) is 0 Å². The van der Waals surface area contributed by atoms with Crippen LogP contribution in [0.1, 0.15) is 105 Å². The van der Waals surface area contributed by atoms with Crippen LogP contribution in [0.4, 0.5) is 0 Å². The van der Waals surface area contributed by atoms with E-state index in [0.717, 1.165) is 54.1 Å². The first-order valence-corrected chi connectivity index (χ1v) is 13.5. The Bertz CT molecular complexity index is 647. The molecule has 178 valence electrons. The number of hydrogen-bond donors (Lipinski definition) is 1. The molecule has 4 aliphatic carbocycles. The van der Waals surface area contributed by atoms with Crippen LogP contribution in [0.2, 0.25) is 0 Å². The van der Waals surface area contributed by atoms with Crippen molar-refractivity contribution in [2.75, 3.05) is 7.11 Å². The van der Waals surface area contributed by atoms with Crippen molar-refractivity contribution in [1.29, 1.82) is 0 Å². The molecule has 1 N–H and O–H groups in total. The van der Waals surface area contributed by atoms with E-state index in [-0.39, 0.29) is 11.5 Å². The van der Waals surface area contributed by atoms with Gasteiger partial charge in [0.2, 0.25) is 0 Å². The first-order valence-electron chi connectivity index (χ1n) is 13.5. The van der Waals surface area contributed by atoms with Crippen LogP contribution in [-0.2, 0) is 4.74 Å². The highest BCUT2D eigenvalue weighted by atomic mass is 16.5. The van der Waals surface area contributed by atoms with E-state index in [2.05, 4.69) is 39.8 Å². The topological polar surface area (TPSA) is 41.8 Å². The maximum Gasteiger partial charge on any atom is 0.0683 e. The Labute approximate surface area is 191 Å². The Kier molecular flexibility index (Phi) is 6.84. The fourth-order valence-electron chi connectivity index (χ4n) is 9.54. The van der Waals surface area contributed by atoms with E-state index in [9.17, 15) is 5.21 Å². The number of oxime groups is 1. The smallest absolute Gasteiger partial charge is 0.0683 e. The zero-order valence-electron chi connectivity index (χ0n) is 21.2. The number of rotatable bonds is 6. The van der Waals surface area contributed by atoms with Gasteiger partial charge in [-0.2, -0.15) is 0 Å². The van der Waals surface area contributed by atoms with Crippen molar-refractivity contribution >= 4 is 5.71 Å². The van der Waals surface area contributed by atoms with Crippen LogP contribution < -0.4 is 0 Å². The van der Waals surface area contributed by atoms with Gasteiger partial charge in [-0.1, -0.05) is 59.0 Å². The van der Waals surface area contributed by atoms with Crippen LogP contribution in [0, 0.1) is 52.3 Å². The Morgan fingerprint density at radius 2 is 1.77 bits per heavy atom. The van der Waals surface area contributed by atoms with E-state index in [1.165, 1.54) is 57.8 Å². The van der Waals surface area contributed by atoms with Gasteiger partial charge in [0.05, 0.1) is 11.8 Å². The van der Waals surface area contributed by atoms with Crippen LogP contribution >= 0.6 is 0 Å². The van der Waals surface area contributed by atoms with E-state index in [1.807, 2.05) is 7.11 Å². The van der Waals surface area contributed by atoms with Gasteiger partial charge < -0.3 is 9.94 Å². The molecule has 9 atom stereocenters. The Balaban J connectivity index is 1.51. The molecule has 0 amide bonds. The maximum atomic E-state index is 9.47. The molecule has 0 radical (unpaired) electrons. The summed E-state index contributed by atoms with van der Waals surface area (Å²) in [6.07, 6.45) is 14.6. The fraction of sp³-hybridized carbons (Fsp3) is 0.964. The molecule has 3 nitrogen and oxygen atoms in total. The molecule has 0 saturated heterocycles. The summed E-state index contributed by atoms with van der Waals surface area (Å²) < 4.78 is 6.11.